The second kappa shape index (κ2) is 6.76. The molecule has 0 heterocycles. The van der Waals surface area contributed by atoms with Gasteiger partial charge in [0.2, 0.25) is 5.91 Å². The minimum atomic E-state index is -0.824. The van der Waals surface area contributed by atoms with E-state index in [4.69, 9.17) is 0 Å². The fraction of sp³-hybridized carbons (Fsp3) is 0.857. The van der Waals surface area contributed by atoms with Crippen molar-refractivity contribution in [2.45, 2.75) is 46.5 Å². The zero-order valence-corrected chi connectivity index (χ0v) is 11.6. The lowest BCUT2D eigenvalue weighted by atomic mass is 9.95. The highest BCUT2D eigenvalue weighted by Crippen LogP contribution is 2.38. The largest absolute Gasteiger partial charge is 0.481 e. The summed E-state index contributed by atoms with van der Waals surface area (Å²) >= 11 is 0. The molecule has 4 heteroatoms. The van der Waals surface area contributed by atoms with Crippen LogP contribution in [0.2, 0.25) is 0 Å². The summed E-state index contributed by atoms with van der Waals surface area (Å²) in [6.45, 7) is 6.92. The van der Waals surface area contributed by atoms with Gasteiger partial charge in [0.15, 0.2) is 0 Å². The highest BCUT2D eigenvalue weighted by atomic mass is 16.4. The van der Waals surface area contributed by atoms with Gasteiger partial charge in [0.05, 0.1) is 11.8 Å². The van der Waals surface area contributed by atoms with Crippen LogP contribution in [0.15, 0.2) is 0 Å². The van der Waals surface area contributed by atoms with Crippen molar-refractivity contribution < 1.29 is 14.7 Å². The van der Waals surface area contributed by atoms with Gasteiger partial charge in [0.25, 0.3) is 0 Å². The van der Waals surface area contributed by atoms with Crippen molar-refractivity contribution in [3.63, 3.8) is 0 Å². The summed E-state index contributed by atoms with van der Waals surface area (Å²) < 4.78 is 0. The molecule has 1 aliphatic carbocycles. The maximum atomic E-state index is 12.0. The van der Waals surface area contributed by atoms with Gasteiger partial charge in [-0.25, -0.2) is 0 Å². The number of rotatable bonds is 6. The Balaban J connectivity index is 2.51. The SMILES string of the molecule is CCC1C[C@H](C(=O)NCCC(C)C)[C@H](C(=O)O)C1. The van der Waals surface area contributed by atoms with E-state index in [0.717, 1.165) is 19.3 Å². The van der Waals surface area contributed by atoms with E-state index in [1.54, 1.807) is 0 Å². The van der Waals surface area contributed by atoms with E-state index < -0.39 is 11.9 Å². The number of hydrogen-bond donors (Lipinski definition) is 2. The third-order valence-electron chi connectivity index (χ3n) is 3.91. The van der Waals surface area contributed by atoms with Gasteiger partial charge in [0.1, 0.15) is 0 Å². The Labute approximate surface area is 109 Å². The standard InChI is InChI=1S/C14H25NO3/c1-4-10-7-11(12(8-10)14(17)18)13(16)15-6-5-9(2)3/h9-12H,4-8H2,1-3H3,(H,15,16)(H,17,18)/t10?,11-,12+/m0/s1. The van der Waals surface area contributed by atoms with Crippen molar-refractivity contribution in [3.05, 3.63) is 0 Å². The first-order valence-electron chi connectivity index (χ1n) is 6.96. The van der Waals surface area contributed by atoms with Gasteiger partial charge >= 0.3 is 5.97 Å². The Morgan fingerprint density at radius 3 is 2.39 bits per heavy atom. The third-order valence-corrected chi connectivity index (χ3v) is 3.91. The van der Waals surface area contributed by atoms with Crippen LogP contribution in [-0.4, -0.2) is 23.5 Å². The summed E-state index contributed by atoms with van der Waals surface area (Å²) in [7, 11) is 0. The molecule has 0 aliphatic heterocycles. The summed E-state index contributed by atoms with van der Waals surface area (Å²) in [5, 5.41) is 12.1. The topological polar surface area (TPSA) is 66.4 Å². The van der Waals surface area contributed by atoms with Crippen molar-refractivity contribution >= 4 is 11.9 Å². The van der Waals surface area contributed by atoms with Crippen LogP contribution < -0.4 is 5.32 Å². The molecule has 0 aromatic rings. The Hall–Kier alpha value is -1.06. The van der Waals surface area contributed by atoms with E-state index in [-0.39, 0.29) is 11.8 Å². The molecule has 1 amide bonds. The predicted octanol–water partition coefficient (Wildman–Crippen LogP) is 2.29. The van der Waals surface area contributed by atoms with Crippen LogP contribution in [0, 0.1) is 23.7 Å². The number of carboxylic acids is 1. The second-order valence-corrected chi connectivity index (χ2v) is 5.77. The third kappa shape index (κ3) is 4.00. The molecule has 4 nitrogen and oxygen atoms in total. The molecule has 0 aromatic heterocycles. The van der Waals surface area contributed by atoms with Crippen molar-refractivity contribution in [1.29, 1.82) is 0 Å². The molecule has 3 atom stereocenters. The molecule has 2 N–H and O–H groups in total. The molecule has 18 heavy (non-hydrogen) atoms. The molecule has 1 unspecified atom stereocenters. The normalized spacial score (nSPS) is 27.4. The van der Waals surface area contributed by atoms with E-state index in [9.17, 15) is 14.7 Å². The number of aliphatic carboxylic acids is 1. The fourth-order valence-corrected chi connectivity index (χ4v) is 2.65. The van der Waals surface area contributed by atoms with Crippen molar-refractivity contribution in [2.24, 2.45) is 23.7 Å². The molecule has 1 rings (SSSR count). The highest BCUT2D eigenvalue weighted by molar-refractivity contribution is 5.85. The first-order chi connectivity index (χ1) is 8.45. The lowest BCUT2D eigenvalue weighted by Crippen LogP contribution is -2.36. The zero-order valence-electron chi connectivity index (χ0n) is 11.6. The first kappa shape index (κ1) is 15.0. The molecule has 1 aliphatic rings. The number of hydrogen-bond acceptors (Lipinski definition) is 2. The monoisotopic (exact) mass is 255 g/mol. The molecule has 0 spiro atoms. The summed E-state index contributed by atoms with van der Waals surface area (Å²) in [5.41, 5.74) is 0. The van der Waals surface area contributed by atoms with Gasteiger partial charge < -0.3 is 10.4 Å². The minimum absolute atomic E-state index is 0.0704. The molecule has 0 radical (unpaired) electrons. The van der Waals surface area contributed by atoms with Crippen molar-refractivity contribution in [3.8, 4) is 0 Å². The fourth-order valence-electron chi connectivity index (χ4n) is 2.65. The maximum absolute atomic E-state index is 12.0. The van der Waals surface area contributed by atoms with Crippen molar-refractivity contribution in [1.82, 2.24) is 5.32 Å². The highest BCUT2D eigenvalue weighted by Gasteiger charge is 2.41. The molecular weight excluding hydrogens is 230 g/mol. The number of nitrogens with one attached hydrogen (secondary N) is 1. The zero-order chi connectivity index (χ0) is 13.7. The molecule has 0 aromatic carbocycles. The van der Waals surface area contributed by atoms with Gasteiger partial charge in [-0.1, -0.05) is 27.2 Å². The van der Waals surface area contributed by atoms with Crippen molar-refractivity contribution in [2.75, 3.05) is 6.54 Å². The second-order valence-electron chi connectivity index (χ2n) is 5.77. The Bertz CT molecular complexity index is 301. The lowest BCUT2D eigenvalue weighted by molar-refractivity contribution is -0.146. The first-order valence-corrected chi connectivity index (χ1v) is 6.96. The van der Waals surface area contributed by atoms with E-state index in [1.165, 1.54) is 0 Å². The Kier molecular flexibility index (Phi) is 5.63. The van der Waals surface area contributed by atoms with Crippen LogP contribution in [0.5, 0.6) is 0 Å². The van der Waals surface area contributed by atoms with Gasteiger partial charge in [-0.05, 0) is 31.1 Å². The van der Waals surface area contributed by atoms with E-state index in [2.05, 4.69) is 26.1 Å². The van der Waals surface area contributed by atoms with E-state index in [1.807, 2.05) is 0 Å². The predicted molar refractivity (Wildman–Crippen MR) is 70.1 cm³/mol. The number of amides is 1. The lowest BCUT2D eigenvalue weighted by Gasteiger charge is -2.16. The number of carbonyl (C=O) groups excluding carboxylic acids is 1. The quantitative estimate of drug-likeness (QED) is 0.765. The average Bonchev–Trinajstić information content (AvgIpc) is 2.72. The van der Waals surface area contributed by atoms with Gasteiger partial charge in [0, 0.05) is 6.54 Å². The molecule has 0 saturated heterocycles. The van der Waals surface area contributed by atoms with E-state index >= 15 is 0 Å². The van der Waals surface area contributed by atoms with Crippen LogP contribution in [-0.2, 0) is 9.59 Å². The van der Waals surface area contributed by atoms with Crippen LogP contribution in [0.1, 0.15) is 46.5 Å². The summed E-state index contributed by atoms with van der Waals surface area (Å²) in [5.74, 6) is -0.790. The van der Waals surface area contributed by atoms with Gasteiger partial charge in [-0.3, -0.25) is 9.59 Å². The van der Waals surface area contributed by atoms with Crippen LogP contribution >= 0.6 is 0 Å². The number of carbonyl (C=O) groups is 2. The van der Waals surface area contributed by atoms with Gasteiger partial charge in [-0.2, -0.15) is 0 Å². The molecule has 0 bridgehead atoms. The average molecular weight is 255 g/mol. The Morgan fingerprint density at radius 1 is 1.28 bits per heavy atom. The molecule has 1 saturated carbocycles. The van der Waals surface area contributed by atoms with Crippen LogP contribution in [0.3, 0.4) is 0 Å². The smallest absolute Gasteiger partial charge is 0.307 e. The molecule has 104 valence electrons. The van der Waals surface area contributed by atoms with Crippen LogP contribution in [0.4, 0.5) is 0 Å². The minimum Gasteiger partial charge on any atom is -0.481 e. The summed E-state index contributed by atoms with van der Waals surface area (Å²) in [4.78, 5) is 23.2. The summed E-state index contributed by atoms with van der Waals surface area (Å²) in [6.07, 6.45) is 3.27. The number of carboxylic acid groups (broad SMARTS) is 1. The maximum Gasteiger partial charge on any atom is 0.307 e. The Morgan fingerprint density at radius 2 is 1.89 bits per heavy atom. The van der Waals surface area contributed by atoms with E-state index in [0.29, 0.717) is 24.8 Å². The van der Waals surface area contributed by atoms with Crippen LogP contribution in [0.25, 0.3) is 0 Å². The van der Waals surface area contributed by atoms with Gasteiger partial charge in [-0.15, -0.1) is 0 Å². The molecular formula is C14H25NO3. The molecule has 1 fully saturated rings. The summed E-state index contributed by atoms with van der Waals surface area (Å²) in [6, 6.07) is 0.